The zero-order valence-electron chi connectivity index (χ0n) is 22.7. The Morgan fingerprint density at radius 1 is 0.467 bits per heavy atom. The standard InChI is InChI=1S/C32H16N8O3S.Cu/c41-44(42,43)16-13-14-23-24(15-16)32-39-30-22-12-6-5-11-21(22)28(37-30)35-26-18-8-2-1-7-17(18)25(33-26)34-27-19-9-3-4-10-20(19)29(36-27)38-31(23)40-32;/h1-15H,(H-2,33,34,35,36,37,38,39,40,41,42,43);/q-2;+2/p-1. The van der Waals surface area contributed by atoms with Crippen molar-refractivity contribution >= 4 is 54.3 Å². The molecule has 0 atom stereocenters. The quantitative estimate of drug-likeness (QED) is 0.172. The molecule has 5 heterocycles. The summed E-state index contributed by atoms with van der Waals surface area (Å²) in [4.78, 5) is 38.0. The van der Waals surface area contributed by atoms with E-state index in [9.17, 15) is 13.0 Å². The normalized spacial score (nSPS) is 12.1. The van der Waals surface area contributed by atoms with Crippen LogP contribution in [0.3, 0.4) is 0 Å². The average Bonchev–Trinajstić information content (AvgIpc) is 3.76. The van der Waals surface area contributed by atoms with Crippen LogP contribution in [-0.4, -0.2) is 42.9 Å². The second-order valence-electron chi connectivity index (χ2n) is 10.3. The molecule has 9 rings (SSSR count). The molecule has 0 amide bonds. The molecular formula is C32H15CuN8O3S-. The number of aromatic nitrogens is 8. The van der Waals surface area contributed by atoms with E-state index in [1.54, 1.807) is 0 Å². The van der Waals surface area contributed by atoms with Crippen LogP contribution in [0, 0.1) is 0 Å². The molecule has 11 nitrogen and oxygen atoms in total. The van der Waals surface area contributed by atoms with Crippen LogP contribution >= 0.6 is 0 Å². The first-order chi connectivity index (χ1) is 21.4. The van der Waals surface area contributed by atoms with Crippen molar-refractivity contribution in [3.05, 3.63) is 91.0 Å². The number of nitrogens with zero attached hydrogens (tertiary/aromatic N) is 8. The van der Waals surface area contributed by atoms with Gasteiger partial charge in [-0.3, -0.25) is 0 Å². The van der Waals surface area contributed by atoms with Crippen LogP contribution in [0.2, 0.25) is 0 Å². The van der Waals surface area contributed by atoms with Crippen molar-refractivity contribution < 1.29 is 30.0 Å². The van der Waals surface area contributed by atoms with Crippen LogP contribution in [0.1, 0.15) is 0 Å². The summed E-state index contributed by atoms with van der Waals surface area (Å²) < 4.78 is 35.8. The smallest absolute Gasteiger partial charge is 0.744 e. The maximum atomic E-state index is 11.9. The molecule has 2 aliphatic heterocycles. The van der Waals surface area contributed by atoms with E-state index >= 15 is 0 Å². The Hall–Kier alpha value is -5.33. The molecule has 219 valence electrons. The molecule has 7 aromatic rings. The van der Waals surface area contributed by atoms with Gasteiger partial charge in [-0.25, -0.2) is 18.4 Å². The maximum absolute atomic E-state index is 11.9. The summed E-state index contributed by atoms with van der Waals surface area (Å²) in [6, 6.07) is 26.8. The van der Waals surface area contributed by atoms with Gasteiger partial charge in [-0.1, -0.05) is 78.9 Å². The number of hydrogen-bond acceptors (Lipinski definition) is 9. The predicted molar refractivity (Wildman–Crippen MR) is 162 cm³/mol. The Balaban J connectivity index is 0.00000300. The van der Waals surface area contributed by atoms with E-state index in [1.165, 1.54) is 18.2 Å². The van der Waals surface area contributed by atoms with Crippen molar-refractivity contribution in [2.45, 2.75) is 4.90 Å². The van der Waals surface area contributed by atoms with Crippen LogP contribution in [0.25, 0.3) is 89.7 Å². The number of hydrogen-bond donors (Lipinski definition) is 0. The maximum Gasteiger partial charge on any atom is 2.00 e. The zero-order chi connectivity index (χ0) is 29.6. The van der Waals surface area contributed by atoms with E-state index in [4.69, 9.17) is 39.9 Å². The molecule has 4 aromatic carbocycles. The molecule has 0 aliphatic carbocycles. The van der Waals surface area contributed by atoms with E-state index in [1.807, 2.05) is 72.8 Å². The SMILES string of the molecule is O=S(=O)([O-])c1ccc2c3nc4nc(nc5[n-]c(nc6nc(nc([n-]3)c2c1)-c1ccccc1-6)c1ccccc51)-c1ccccc1-4.[Cu+2]. The van der Waals surface area contributed by atoms with Crippen molar-refractivity contribution in [1.29, 1.82) is 0 Å². The van der Waals surface area contributed by atoms with Gasteiger partial charge in [0.25, 0.3) is 0 Å². The molecule has 8 bridgehead atoms. The van der Waals surface area contributed by atoms with Gasteiger partial charge in [0.1, 0.15) is 10.1 Å². The summed E-state index contributed by atoms with van der Waals surface area (Å²) in [5, 5.41) is 2.46. The largest absolute Gasteiger partial charge is 2.00 e. The third-order valence-electron chi connectivity index (χ3n) is 7.68. The molecule has 0 N–H and O–H groups in total. The summed E-state index contributed by atoms with van der Waals surface area (Å²) in [6.45, 7) is 0. The molecule has 13 heteroatoms. The van der Waals surface area contributed by atoms with Gasteiger partial charge < -0.3 is 34.5 Å². The van der Waals surface area contributed by atoms with Crippen LogP contribution in [0.5, 0.6) is 0 Å². The van der Waals surface area contributed by atoms with E-state index in [-0.39, 0.29) is 28.4 Å². The molecule has 45 heavy (non-hydrogen) atoms. The summed E-state index contributed by atoms with van der Waals surface area (Å²) in [5.41, 5.74) is 4.32. The number of benzene rings is 4. The van der Waals surface area contributed by atoms with Crippen LogP contribution in [-0.2, 0) is 27.2 Å². The van der Waals surface area contributed by atoms with Crippen molar-refractivity contribution in [2.75, 3.05) is 0 Å². The topological polar surface area (TPSA) is 163 Å². The fraction of sp³-hybridized carbons (Fsp3) is 0. The molecular weight excluding hydrogens is 640 g/mol. The van der Waals surface area contributed by atoms with Gasteiger partial charge in [-0.05, 0) is 33.7 Å². The second kappa shape index (κ2) is 9.84. The van der Waals surface area contributed by atoms with Gasteiger partial charge in [-0.15, -0.1) is 0 Å². The Kier molecular flexibility index (Phi) is 5.96. The van der Waals surface area contributed by atoms with Crippen molar-refractivity contribution in [3.63, 3.8) is 0 Å². The van der Waals surface area contributed by atoms with Gasteiger partial charge in [0.2, 0.25) is 0 Å². The van der Waals surface area contributed by atoms with Gasteiger partial charge in [0.15, 0.2) is 0 Å². The first-order valence-corrected chi connectivity index (χ1v) is 14.9. The Morgan fingerprint density at radius 2 is 0.822 bits per heavy atom. The monoisotopic (exact) mass is 654 g/mol. The van der Waals surface area contributed by atoms with Crippen LogP contribution < -0.4 is 9.97 Å². The Bertz CT molecular complexity index is 2660. The van der Waals surface area contributed by atoms with Crippen molar-refractivity contribution in [2.24, 2.45) is 0 Å². The predicted octanol–water partition coefficient (Wildman–Crippen LogP) is 5.03. The second-order valence-corrected chi connectivity index (χ2v) is 11.7. The van der Waals surface area contributed by atoms with Gasteiger partial charge in [0.05, 0.1) is 28.2 Å². The first kappa shape index (κ1) is 27.2. The van der Waals surface area contributed by atoms with Gasteiger partial charge in [0, 0.05) is 44.8 Å². The van der Waals surface area contributed by atoms with Crippen molar-refractivity contribution in [1.82, 2.24) is 39.9 Å². The van der Waals surface area contributed by atoms with E-state index in [0.29, 0.717) is 50.9 Å². The summed E-state index contributed by atoms with van der Waals surface area (Å²) >= 11 is 0. The van der Waals surface area contributed by atoms with E-state index in [0.717, 1.165) is 27.5 Å². The third-order valence-corrected chi connectivity index (χ3v) is 8.51. The van der Waals surface area contributed by atoms with Crippen molar-refractivity contribution in [3.8, 4) is 45.6 Å². The van der Waals surface area contributed by atoms with E-state index in [2.05, 4.69) is 0 Å². The summed E-state index contributed by atoms with van der Waals surface area (Å²) in [5.74, 6) is 1.54. The van der Waals surface area contributed by atoms with E-state index < -0.39 is 15.0 Å². The molecule has 0 unspecified atom stereocenters. The minimum Gasteiger partial charge on any atom is -0.744 e. The Labute approximate surface area is 264 Å². The number of fused-ring (bicyclic) bond motifs is 20. The summed E-state index contributed by atoms with van der Waals surface area (Å²) in [6.07, 6.45) is 0. The van der Waals surface area contributed by atoms with Crippen LogP contribution in [0.4, 0.5) is 0 Å². The molecule has 3 aromatic heterocycles. The first-order valence-electron chi connectivity index (χ1n) is 13.5. The minimum absolute atomic E-state index is 0. The number of rotatable bonds is 1. The average molecular weight is 655 g/mol. The minimum atomic E-state index is -4.74. The fourth-order valence-electron chi connectivity index (χ4n) is 5.64. The Morgan fingerprint density at radius 3 is 1.22 bits per heavy atom. The molecule has 0 fully saturated rings. The molecule has 1 radical (unpaired) electrons. The zero-order valence-corrected chi connectivity index (χ0v) is 24.4. The van der Waals surface area contributed by atoms with Gasteiger partial charge in [-0.2, -0.15) is 0 Å². The van der Waals surface area contributed by atoms with Gasteiger partial charge >= 0.3 is 17.1 Å². The third kappa shape index (κ3) is 4.25. The molecule has 0 spiro atoms. The van der Waals surface area contributed by atoms with Crippen LogP contribution in [0.15, 0.2) is 95.9 Å². The molecule has 2 aliphatic rings. The summed E-state index contributed by atoms with van der Waals surface area (Å²) in [7, 11) is -4.74. The molecule has 0 saturated carbocycles. The molecule has 0 saturated heterocycles. The fourth-order valence-corrected chi connectivity index (χ4v) is 6.14.